The number of aryl methyl sites for hydroxylation is 2. The zero-order valence-corrected chi connectivity index (χ0v) is 23.3. The van der Waals surface area contributed by atoms with Crippen molar-refractivity contribution in [3.63, 3.8) is 0 Å². The molecule has 0 amide bonds. The number of fused-ring (bicyclic) bond motifs is 1. The van der Waals surface area contributed by atoms with Crippen molar-refractivity contribution in [2.24, 2.45) is 0 Å². The monoisotopic (exact) mass is 636 g/mol. The van der Waals surface area contributed by atoms with Crippen molar-refractivity contribution in [3.05, 3.63) is 62.3 Å². The average Bonchev–Trinajstić information content (AvgIpc) is 2.91. The molecule has 0 aromatic heterocycles. The Morgan fingerprint density at radius 2 is 1.28 bits per heavy atom. The van der Waals surface area contributed by atoms with Crippen molar-refractivity contribution in [1.29, 1.82) is 0 Å². The van der Waals surface area contributed by atoms with Crippen molar-refractivity contribution >= 4 is 6.08 Å². The maximum atomic E-state index is 2.53. The average molecular weight is 637 g/mol. The summed E-state index contributed by atoms with van der Waals surface area (Å²) < 4.78 is 1.09. The van der Waals surface area contributed by atoms with Crippen LogP contribution in [0.2, 0.25) is 3.12 Å². The van der Waals surface area contributed by atoms with E-state index in [2.05, 4.69) is 73.6 Å². The predicted octanol–water partition coefficient (Wildman–Crippen LogP) is 0.717. The molecule has 2 aliphatic rings. The van der Waals surface area contributed by atoms with Gasteiger partial charge in [-0.3, -0.25) is 0 Å². The summed E-state index contributed by atoms with van der Waals surface area (Å²) in [6.07, 6.45) is 2.47. The standard InChI is InChI=1S/C12H13.C10H15.2HI.Zr/c1-8-6-11-9(2)4-5-10(3)12(11)7-8;1-6-7(2)9(4)10(5)8(6)3;;;/h4-7H,1-3H3;1-5H3;2*1H;/q;;;;+2/p-2. The van der Waals surface area contributed by atoms with Gasteiger partial charge in [-0.15, -0.1) is 0 Å². The van der Waals surface area contributed by atoms with Crippen LogP contribution in [0.3, 0.4) is 0 Å². The molecule has 0 saturated heterocycles. The van der Waals surface area contributed by atoms with Crippen LogP contribution >= 0.6 is 0 Å². The number of allylic oxidation sites excluding steroid dienone is 5. The van der Waals surface area contributed by atoms with Crippen molar-refractivity contribution in [2.75, 3.05) is 0 Å². The van der Waals surface area contributed by atoms with E-state index >= 15 is 0 Å². The third-order valence-corrected chi connectivity index (χ3v) is 12.3. The second-order valence-electron chi connectivity index (χ2n) is 7.62. The topological polar surface area (TPSA) is 0 Å². The number of hydrogen-bond acceptors (Lipinski definition) is 0. The van der Waals surface area contributed by atoms with E-state index in [1.165, 1.54) is 16.7 Å². The van der Waals surface area contributed by atoms with Gasteiger partial charge < -0.3 is 48.0 Å². The minimum Gasteiger partial charge on any atom is -1.00 e. The molecule has 0 radical (unpaired) electrons. The Balaban J connectivity index is 0.00000156. The van der Waals surface area contributed by atoms with Gasteiger partial charge in [0.15, 0.2) is 0 Å². The molecule has 0 heterocycles. The molecule has 3 heteroatoms. The number of halogens is 2. The first kappa shape index (κ1) is 23.8. The molecule has 0 nitrogen and oxygen atoms in total. The van der Waals surface area contributed by atoms with E-state index in [0.717, 1.165) is 3.63 Å². The molecule has 25 heavy (non-hydrogen) atoms. The molecule has 1 unspecified atom stereocenters. The Labute approximate surface area is 199 Å². The third-order valence-electron chi connectivity index (χ3n) is 6.46. The SMILES string of the molecule is CC1=Cc2c(C)ccc(C)c2[CH]1[Zr+2][C]1(C)C(C)=C(C)C(C)=C1C.[I-].[I-]. The van der Waals surface area contributed by atoms with Gasteiger partial charge in [-0.05, 0) is 0 Å². The maximum absolute atomic E-state index is 2.53. The summed E-state index contributed by atoms with van der Waals surface area (Å²) in [6.45, 7) is 18.9. The van der Waals surface area contributed by atoms with Crippen LogP contribution in [0.1, 0.15) is 67.4 Å². The van der Waals surface area contributed by atoms with Gasteiger partial charge in [0.05, 0.1) is 0 Å². The van der Waals surface area contributed by atoms with Crippen LogP contribution in [0.15, 0.2) is 40.0 Å². The molecule has 0 spiro atoms. The van der Waals surface area contributed by atoms with E-state index in [0.29, 0.717) is 3.12 Å². The van der Waals surface area contributed by atoms with Crippen molar-refractivity contribution in [1.82, 2.24) is 0 Å². The van der Waals surface area contributed by atoms with E-state index < -0.39 is 23.2 Å². The summed E-state index contributed by atoms with van der Waals surface area (Å²) >= 11 is -0.718. The van der Waals surface area contributed by atoms with Gasteiger partial charge in [0, 0.05) is 0 Å². The van der Waals surface area contributed by atoms with Crippen molar-refractivity contribution in [2.45, 2.75) is 62.1 Å². The molecule has 0 bridgehead atoms. The second-order valence-corrected chi connectivity index (χ2v) is 12.2. The quantitative estimate of drug-likeness (QED) is 0.420. The van der Waals surface area contributed by atoms with Crippen LogP contribution in [0.4, 0.5) is 0 Å². The maximum Gasteiger partial charge on any atom is -1.00 e. The molecular formula is C22H28I2Zr. The van der Waals surface area contributed by atoms with E-state index in [1.54, 1.807) is 33.4 Å². The van der Waals surface area contributed by atoms with Crippen LogP contribution in [0, 0.1) is 13.8 Å². The number of benzene rings is 1. The summed E-state index contributed by atoms with van der Waals surface area (Å²) in [5, 5.41) is 0. The third kappa shape index (κ3) is 3.72. The molecule has 0 aliphatic heterocycles. The van der Waals surface area contributed by atoms with Gasteiger partial charge in [0.2, 0.25) is 0 Å². The summed E-state index contributed by atoms with van der Waals surface area (Å²) in [7, 11) is 0. The van der Waals surface area contributed by atoms with E-state index in [9.17, 15) is 0 Å². The molecule has 1 atom stereocenters. The largest absolute Gasteiger partial charge is 1.00 e. The predicted molar refractivity (Wildman–Crippen MR) is 97.4 cm³/mol. The van der Waals surface area contributed by atoms with Crippen LogP contribution in [0.25, 0.3) is 6.08 Å². The summed E-state index contributed by atoms with van der Waals surface area (Å²) in [5.41, 5.74) is 14.1. The number of hydrogen-bond donors (Lipinski definition) is 0. The van der Waals surface area contributed by atoms with Crippen LogP contribution in [-0.4, -0.2) is 0 Å². The molecule has 1 aromatic rings. The van der Waals surface area contributed by atoms with Gasteiger partial charge in [-0.25, -0.2) is 0 Å². The minimum atomic E-state index is -0.718. The fourth-order valence-electron chi connectivity index (χ4n) is 4.25. The van der Waals surface area contributed by atoms with Gasteiger partial charge in [-0.1, -0.05) is 0 Å². The fraction of sp³-hybridized carbons (Fsp3) is 0.455. The Morgan fingerprint density at radius 3 is 1.80 bits per heavy atom. The van der Waals surface area contributed by atoms with Gasteiger partial charge in [-0.2, -0.15) is 0 Å². The zero-order valence-electron chi connectivity index (χ0n) is 16.6. The Kier molecular flexibility index (Phi) is 8.03. The molecule has 0 N–H and O–H groups in total. The molecular weight excluding hydrogens is 609 g/mol. The summed E-state index contributed by atoms with van der Waals surface area (Å²) in [5.74, 6) is 0. The van der Waals surface area contributed by atoms with Gasteiger partial charge >= 0.3 is 154 Å². The number of rotatable bonds is 2. The van der Waals surface area contributed by atoms with E-state index in [1.807, 2.05) is 0 Å². The Bertz CT molecular complexity index is 772. The Morgan fingerprint density at radius 1 is 0.800 bits per heavy atom. The molecule has 3 rings (SSSR count). The van der Waals surface area contributed by atoms with Gasteiger partial charge in [0.25, 0.3) is 0 Å². The molecule has 1 aromatic carbocycles. The van der Waals surface area contributed by atoms with Crippen LogP contribution in [-0.2, 0) is 23.2 Å². The van der Waals surface area contributed by atoms with Gasteiger partial charge in [0.1, 0.15) is 0 Å². The molecule has 0 saturated carbocycles. The second kappa shape index (κ2) is 8.43. The Hall–Kier alpha value is 0.783. The minimum absolute atomic E-state index is 0. The summed E-state index contributed by atoms with van der Waals surface area (Å²) in [6, 6.07) is 4.61. The van der Waals surface area contributed by atoms with E-state index in [4.69, 9.17) is 0 Å². The first-order chi connectivity index (χ1) is 10.7. The van der Waals surface area contributed by atoms with E-state index in [-0.39, 0.29) is 48.0 Å². The summed E-state index contributed by atoms with van der Waals surface area (Å²) in [4.78, 5) is 0. The first-order valence-corrected chi connectivity index (χ1v) is 11.3. The van der Waals surface area contributed by atoms with Crippen LogP contribution in [0.5, 0.6) is 0 Å². The molecule has 0 fully saturated rings. The molecule has 2 aliphatic carbocycles. The van der Waals surface area contributed by atoms with Crippen molar-refractivity contribution in [3.8, 4) is 0 Å². The zero-order chi connectivity index (χ0) is 17.1. The normalized spacial score (nSPS) is 20.6. The molecule has 134 valence electrons. The first-order valence-electron chi connectivity index (χ1n) is 8.60. The van der Waals surface area contributed by atoms with Crippen LogP contribution < -0.4 is 48.0 Å². The fourth-order valence-corrected chi connectivity index (χ4v) is 9.72. The van der Waals surface area contributed by atoms with Crippen molar-refractivity contribution < 1.29 is 71.2 Å². The smallest absolute Gasteiger partial charge is 1.00 e.